The molecule has 0 amide bonds. The molecule has 2 atom stereocenters. The summed E-state index contributed by atoms with van der Waals surface area (Å²) >= 11 is 0. The number of aryl methyl sites for hydroxylation is 1. The van der Waals surface area contributed by atoms with Gasteiger partial charge >= 0.3 is 0 Å². The summed E-state index contributed by atoms with van der Waals surface area (Å²) in [5.74, 6) is 0. The van der Waals surface area contributed by atoms with Crippen LogP contribution in [0.1, 0.15) is 42.5 Å². The highest BCUT2D eigenvalue weighted by Crippen LogP contribution is 2.27. The molecule has 1 aromatic rings. The molecule has 21 heavy (non-hydrogen) atoms. The first-order chi connectivity index (χ1) is 9.91. The Morgan fingerprint density at radius 2 is 2.10 bits per heavy atom. The van der Waals surface area contributed by atoms with Crippen LogP contribution in [0.25, 0.3) is 0 Å². The predicted octanol–water partition coefficient (Wildman–Crippen LogP) is 2.34. The fourth-order valence-corrected chi connectivity index (χ4v) is 3.16. The minimum Gasteiger partial charge on any atom is -0.391 e. The first kappa shape index (κ1) is 15.9. The fraction of sp³-hybridized carbons (Fsp3) is 0.667. The van der Waals surface area contributed by atoms with Crippen LogP contribution < -0.4 is 0 Å². The molecule has 116 valence electrons. The molecular weight excluding hydrogens is 270 g/mol. The number of pyridine rings is 1. The van der Waals surface area contributed by atoms with Crippen LogP contribution in [0.3, 0.4) is 0 Å². The number of rotatable bonds is 4. The van der Waals surface area contributed by atoms with Crippen molar-refractivity contribution < 1.29 is 10.0 Å². The summed E-state index contributed by atoms with van der Waals surface area (Å²) in [6.07, 6.45) is 5.22. The standard InChI is InChI=1S/C15H23N3O3/c1-10-8-16-12(11(2)15(10)18(20)21)9-17(3)13-6-4-5-7-14(13)19/h8,13-14,19H,4-7,9H2,1-3H3. The van der Waals surface area contributed by atoms with Crippen molar-refractivity contribution in [2.24, 2.45) is 0 Å². The van der Waals surface area contributed by atoms with E-state index in [1.165, 1.54) is 0 Å². The number of hydrogen-bond acceptors (Lipinski definition) is 5. The van der Waals surface area contributed by atoms with E-state index in [2.05, 4.69) is 9.88 Å². The summed E-state index contributed by atoms with van der Waals surface area (Å²) in [6.45, 7) is 3.98. The summed E-state index contributed by atoms with van der Waals surface area (Å²) in [5.41, 5.74) is 2.07. The molecule has 0 spiro atoms. The van der Waals surface area contributed by atoms with E-state index in [1.54, 1.807) is 20.0 Å². The molecule has 0 bridgehead atoms. The smallest absolute Gasteiger partial charge is 0.278 e. The molecule has 0 saturated heterocycles. The summed E-state index contributed by atoms with van der Waals surface area (Å²) in [7, 11) is 1.95. The second-order valence-electron chi connectivity index (χ2n) is 5.95. The van der Waals surface area contributed by atoms with Crippen molar-refractivity contribution in [2.45, 2.75) is 58.2 Å². The highest BCUT2D eigenvalue weighted by molar-refractivity contribution is 5.47. The number of aliphatic hydroxyl groups excluding tert-OH is 1. The summed E-state index contributed by atoms with van der Waals surface area (Å²) < 4.78 is 0. The van der Waals surface area contributed by atoms with Gasteiger partial charge in [-0.05, 0) is 33.7 Å². The lowest BCUT2D eigenvalue weighted by molar-refractivity contribution is -0.386. The predicted molar refractivity (Wildman–Crippen MR) is 80.1 cm³/mol. The van der Waals surface area contributed by atoms with Crippen LogP contribution >= 0.6 is 0 Å². The Hall–Kier alpha value is -1.53. The molecule has 6 heteroatoms. The Morgan fingerprint density at radius 1 is 1.43 bits per heavy atom. The van der Waals surface area contributed by atoms with Crippen molar-refractivity contribution in [3.05, 3.63) is 33.1 Å². The van der Waals surface area contributed by atoms with Crippen molar-refractivity contribution >= 4 is 5.69 Å². The highest BCUT2D eigenvalue weighted by Gasteiger charge is 2.28. The molecule has 1 N–H and O–H groups in total. The average molecular weight is 293 g/mol. The molecule has 0 aliphatic heterocycles. The SMILES string of the molecule is Cc1cnc(CN(C)C2CCCCC2O)c(C)c1[N+](=O)[O-]. The van der Waals surface area contributed by atoms with Gasteiger partial charge in [0.2, 0.25) is 0 Å². The van der Waals surface area contributed by atoms with Crippen LogP contribution in [0, 0.1) is 24.0 Å². The monoisotopic (exact) mass is 293 g/mol. The zero-order valence-corrected chi connectivity index (χ0v) is 12.9. The van der Waals surface area contributed by atoms with Gasteiger partial charge in [-0.3, -0.25) is 20.0 Å². The van der Waals surface area contributed by atoms with Gasteiger partial charge in [-0.15, -0.1) is 0 Å². The maximum absolute atomic E-state index is 11.2. The number of hydrogen-bond donors (Lipinski definition) is 1. The number of likely N-dealkylation sites (N-methyl/N-ethyl adjacent to an activating group) is 1. The van der Waals surface area contributed by atoms with E-state index in [0.717, 1.165) is 25.7 Å². The van der Waals surface area contributed by atoms with Crippen LogP contribution in [0.4, 0.5) is 5.69 Å². The molecule has 2 unspecified atom stereocenters. The Bertz CT molecular complexity index is 533. The minimum absolute atomic E-state index is 0.111. The molecule has 2 rings (SSSR count). The third-order valence-electron chi connectivity index (χ3n) is 4.42. The van der Waals surface area contributed by atoms with Gasteiger partial charge in [0.25, 0.3) is 5.69 Å². The van der Waals surface area contributed by atoms with Crippen molar-refractivity contribution in [2.75, 3.05) is 7.05 Å². The molecule has 0 radical (unpaired) electrons. The van der Waals surface area contributed by atoms with E-state index in [0.29, 0.717) is 23.4 Å². The van der Waals surface area contributed by atoms with E-state index in [-0.39, 0.29) is 22.8 Å². The normalized spacial score (nSPS) is 22.5. The first-order valence-electron chi connectivity index (χ1n) is 7.39. The molecule has 1 heterocycles. The number of nitrogens with zero attached hydrogens (tertiary/aromatic N) is 3. The Morgan fingerprint density at radius 3 is 2.71 bits per heavy atom. The van der Waals surface area contributed by atoms with E-state index in [4.69, 9.17) is 0 Å². The van der Waals surface area contributed by atoms with Gasteiger partial charge in [0.15, 0.2) is 0 Å². The van der Waals surface area contributed by atoms with Gasteiger partial charge in [-0.2, -0.15) is 0 Å². The van der Waals surface area contributed by atoms with Crippen molar-refractivity contribution in [1.29, 1.82) is 0 Å². The average Bonchev–Trinajstić information content (AvgIpc) is 2.42. The van der Waals surface area contributed by atoms with Crippen LogP contribution in [-0.4, -0.2) is 39.1 Å². The molecule has 0 aromatic carbocycles. The number of nitro groups is 1. The molecule has 1 aliphatic rings. The molecular formula is C15H23N3O3. The van der Waals surface area contributed by atoms with Crippen molar-refractivity contribution in [1.82, 2.24) is 9.88 Å². The lowest BCUT2D eigenvalue weighted by Crippen LogP contribution is -2.43. The quantitative estimate of drug-likeness (QED) is 0.681. The molecule has 6 nitrogen and oxygen atoms in total. The van der Waals surface area contributed by atoms with Gasteiger partial charge < -0.3 is 5.11 Å². The Labute approximate surface area is 125 Å². The van der Waals surface area contributed by atoms with E-state index < -0.39 is 0 Å². The van der Waals surface area contributed by atoms with Gasteiger partial charge in [0.1, 0.15) is 0 Å². The first-order valence-corrected chi connectivity index (χ1v) is 7.39. The van der Waals surface area contributed by atoms with E-state index in [9.17, 15) is 15.2 Å². The number of aromatic nitrogens is 1. The van der Waals surface area contributed by atoms with E-state index in [1.807, 2.05) is 7.05 Å². The highest BCUT2D eigenvalue weighted by atomic mass is 16.6. The zero-order chi connectivity index (χ0) is 15.6. The van der Waals surface area contributed by atoms with Gasteiger partial charge in [0, 0.05) is 29.9 Å². The lowest BCUT2D eigenvalue weighted by atomic mass is 9.91. The van der Waals surface area contributed by atoms with Crippen LogP contribution in [0.5, 0.6) is 0 Å². The summed E-state index contributed by atoms with van der Waals surface area (Å²) in [6, 6.07) is 0.111. The fourth-order valence-electron chi connectivity index (χ4n) is 3.16. The van der Waals surface area contributed by atoms with E-state index >= 15 is 0 Å². The number of aliphatic hydroxyl groups is 1. The molecule has 1 saturated carbocycles. The zero-order valence-electron chi connectivity index (χ0n) is 12.9. The van der Waals surface area contributed by atoms with Gasteiger partial charge in [-0.1, -0.05) is 12.8 Å². The van der Waals surface area contributed by atoms with Crippen molar-refractivity contribution in [3.8, 4) is 0 Å². The van der Waals surface area contributed by atoms with Crippen molar-refractivity contribution in [3.63, 3.8) is 0 Å². The van der Waals surface area contributed by atoms with Gasteiger partial charge in [0.05, 0.1) is 16.7 Å². The van der Waals surface area contributed by atoms with Gasteiger partial charge in [-0.25, -0.2) is 0 Å². The lowest BCUT2D eigenvalue weighted by Gasteiger charge is -2.35. The Balaban J connectivity index is 2.19. The molecule has 1 aromatic heterocycles. The maximum Gasteiger partial charge on any atom is 0.278 e. The van der Waals surface area contributed by atoms with Crippen LogP contribution in [0.2, 0.25) is 0 Å². The topological polar surface area (TPSA) is 79.5 Å². The maximum atomic E-state index is 11.2. The Kier molecular flexibility index (Phi) is 4.90. The van der Waals surface area contributed by atoms with Crippen LogP contribution in [-0.2, 0) is 6.54 Å². The third kappa shape index (κ3) is 3.39. The second-order valence-corrected chi connectivity index (χ2v) is 5.95. The molecule has 1 fully saturated rings. The summed E-state index contributed by atoms with van der Waals surface area (Å²) in [4.78, 5) is 17.2. The third-order valence-corrected chi connectivity index (χ3v) is 4.42. The second kappa shape index (κ2) is 6.49. The van der Waals surface area contributed by atoms with Crippen LogP contribution in [0.15, 0.2) is 6.20 Å². The largest absolute Gasteiger partial charge is 0.391 e. The minimum atomic E-state index is -0.342. The molecule has 1 aliphatic carbocycles. The summed E-state index contributed by atoms with van der Waals surface area (Å²) in [5, 5.41) is 21.3.